The molecule has 2 aromatic rings. The lowest BCUT2D eigenvalue weighted by Crippen LogP contribution is -2.31. The highest BCUT2D eigenvalue weighted by molar-refractivity contribution is 5.77. The highest BCUT2D eigenvalue weighted by Gasteiger charge is 2.15. The van der Waals surface area contributed by atoms with Crippen molar-refractivity contribution in [2.45, 2.75) is 19.9 Å². The largest absolute Gasteiger partial charge is 0.493 e. The molecule has 0 spiro atoms. The van der Waals surface area contributed by atoms with Crippen molar-refractivity contribution in [3.63, 3.8) is 0 Å². The van der Waals surface area contributed by atoms with Gasteiger partial charge in [-0.05, 0) is 23.6 Å². The molecular formula is C19H22N2O5. The molecule has 0 aliphatic rings. The van der Waals surface area contributed by atoms with Gasteiger partial charge in [0.05, 0.1) is 18.1 Å². The Hall–Kier alpha value is -3.09. The lowest BCUT2D eigenvalue weighted by Gasteiger charge is -2.18. The van der Waals surface area contributed by atoms with Crippen molar-refractivity contribution in [1.29, 1.82) is 0 Å². The normalized spacial score (nSPS) is 10.3. The van der Waals surface area contributed by atoms with Crippen LogP contribution in [0, 0.1) is 10.1 Å². The minimum absolute atomic E-state index is 0.127. The second kappa shape index (κ2) is 8.84. The summed E-state index contributed by atoms with van der Waals surface area (Å²) in [5.41, 5.74) is 2.13. The van der Waals surface area contributed by atoms with Crippen molar-refractivity contribution in [3.05, 3.63) is 63.7 Å². The number of amides is 1. The Bertz CT molecular complexity index is 774. The predicted octanol–water partition coefficient (Wildman–Crippen LogP) is 3.20. The van der Waals surface area contributed by atoms with E-state index in [1.165, 1.54) is 30.9 Å². The van der Waals surface area contributed by atoms with E-state index in [1.807, 2.05) is 24.3 Å². The Morgan fingerprint density at radius 2 is 1.77 bits per heavy atom. The maximum Gasteiger partial charge on any atom is 0.273 e. The molecule has 0 unspecified atom stereocenters. The maximum atomic E-state index is 12.3. The highest BCUT2D eigenvalue weighted by Crippen LogP contribution is 2.31. The number of hydrogen-bond acceptors (Lipinski definition) is 5. The number of nitro groups is 1. The number of nitro benzene ring substituents is 1. The number of benzene rings is 2. The summed E-state index contributed by atoms with van der Waals surface area (Å²) in [4.78, 5) is 24.2. The van der Waals surface area contributed by atoms with E-state index in [4.69, 9.17) is 9.47 Å². The fourth-order valence-corrected chi connectivity index (χ4v) is 2.38. The zero-order valence-electron chi connectivity index (χ0n) is 15.1. The van der Waals surface area contributed by atoms with E-state index in [9.17, 15) is 14.9 Å². The molecular weight excluding hydrogens is 336 g/mol. The van der Waals surface area contributed by atoms with Gasteiger partial charge in [0, 0.05) is 19.7 Å². The zero-order valence-corrected chi connectivity index (χ0v) is 15.1. The first-order valence-corrected chi connectivity index (χ1v) is 8.21. The van der Waals surface area contributed by atoms with Crippen molar-refractivity contribution in [1.82, 2.24) is 4.90 Å². The van der Waals surface area contributed by atoms with Crippen LogP contribution in [0.4, 0.5) is 5.69 Å². The van der Waals surface area contributed by atoms with Crippen LogP contribution in [0.5, 0.6) is 11.5 Å². The third-order valence-corrected chi connectivity index (χ3v) is 3.99. The number of hydrogen-bond donors (Lipinski definition) is 0. The SMILES string of the molecule is CCc1ccc(CN(C)C(=O)COc2cc([N+](=O)[O-])ccc2OC)cc1. The van der Waals surface area contributed by atoms with Gasteiger partial charge in [-0.2, -0.15) is 0 Å². The van der Waals surface area contributed by atoms with Gasteiger partial charge in [-0.1, -0.05) is 31.2 Å². The number of carbonyl (C=O) groups is 1. The smallest absolute Gasteiger partial charge is 0.273 e. The van der Waals surface area contributed by atoms with E-state index in [0.29, 0.717) is 12.3 Å². The quantitative estimate of drug-likeness (QED) is 0.535. The fourth-order valence-electron chi connectivity index (χ4n) is 2.38. The average molecular weight is 358 g/mol. The van der Waals surface area contributed by atoms with Crippen molar-refractivity contribution in [3.8, 4) is 11.5 Å². The van der Waals surface area contributed by atoms with Crippen LogP contribution in [0.25, 0.3) is 0 Å². The summed E-state index contributed by atoms with van der Waals surface area (Å²) in [7, 11) is 3.12. The van der Waals surface area contributed by atoms with E-state index < -0.39 is 4.92 Å². The number of likely N-dealkylation sites (N-methyl/N-ethyl adjacent to an activating group) is 1. The molecule has 7 nitrogen and oxygen atoms in total. The summed E-state index contributed by atoms with van der Waals surface area (Å²) in [5, 5.41) is 10.9. The summed E-state index contributed by atoms with van der Waals surface area (Å²) < 4.78 is 10.6. The molecule has 0 fully saturated rings. The third kappa shape index (κ3) is 4.95. The summed E-state index contributed by atoms with van der Waals surface area (Å²) in [6.45, 7) is 2.31. The Balaban J connectivity index is 1.98. The average Bonchev–Trinajstić information content (AvgIpc) is 2.66. The molecule has 0 aliphatic carbocycles. The van der Waals surface area contributed by atoms with Gasteiger partial charge in [-0.25, -0.2) is 0 Å². The Morgan fingerprint density at radius 1 is 1.12 bits per heavy atom. The van der Waals surface area contributed by atoms with Gasteiger partial charge in [-0.15, -0.1) is 0 Å². The number of non-ortho nitro benzene ring substituents is 1. The van der Waals surface area contributed by atoms with Gasteiger partial charge in [0.25, 0.3) is 11.6 Å². The summed E-state index contributed by atoms with van der Waals surface area (Å²) in [6, 6.07) is 12.1. The lowest BCUT2D eigenvalue weighted by atomic mass is 10.1. The lowest BCUT2D eigenvalue weighted by molar-refractivity contribution is -0.385. The molecule has 0 saturated heterocycles. The number of methoxy groups -OCH3 is 1. The summed E-state index contributed by atoms with van der Waals surface area (Å²) in [6.07, 6.45) is 0.966. The minimum Gasteiger partial charge on any atom is -0.493 e. The van der Waals surface area contributed by atoms with Crippen LogP contribution in [0.3, 0.4) is 0 Å². The van der Waals surface area contributed by atoms with Gasteiger partial charge in [0.1, 0.15) is 0 Å². The monoisotopic (exact) mass is 358 g/mol. The molecule has 0 saturated carbocycles. The van der Waals surface area contributed by atoms with Crippen molar-refractivity contribution in [2.75, 3.05) is 20.8 Å². The van der Waals surface area contributed by atoms with Gasteiger partial charge >= 0.3 is 0 Å². The molecule has 0 N–H and O–H groups in total. The number of aryl methyl sites for hydroxylation is 1. The highest BCUT2D eigenvalue weighted by atomic mass is 16.6. The number of ether oxygens (including phenoxy) is 2. The van der Waals surface area contributed by atoms with Gasteiger partial charge in [-0.3, -0.25) is 14.9 Å². The standard InChI is InChI=1S/C19H22N2O5/c1-4-14-5-7-15(8-6-14)12-20(2)19(22)13-26-18-11-16(21(23)24)9-10-17(18)25-3/h5-11H,4,12-13H2,1-3H3. The van der Waals surface area contributed by atoms with Crippen LogP contribution >= 0.6 is 0 Å². The van der Waals surface area contributed by atoms with Gasteiger partial charge < -0.3 is 14.4 Å². The predicted molar refractivity (Wildman–Crippen MR) is 97.4 cm³/mol. The van der Waals surface area contributed by atoms with Gasteiger partial charge in [0.2, 0.25) is 0 Å². The van der Waals surface area contributed by atoms with Crippen LogP contribution < -0.4 is 9.47 Å². The van der Waals surface area contributed by atoms with Crippen LogP contribution in [0.2, 0.25) is 0 Å². The number of carbonyl (C=O) groups excluding carboxylic acids is 1. The molecule has 0 aliphatic heterocycles. The van der Waals surface area contributed by atoms with Gasteiger partial charge in [0.15, 0.2) is 18.1 Å². The molecule has 138 valence electrons. The van der Waals surface area contributed by atoms with Crippen LogP contribution in [0.15, 0.2) is 42.5 Å². The molecule has 2 rings (SSSR count). The number of nitrogens with zero attached hydrogens (tertiary/aromatic N) is 2. The Kier molecular flexibility index (Phi) is 6.54. The summed E-state index contributed by atoms with van der Waals surface area (Å²) in [5.74, 6) is 0.259. The Morgan fingerprint density at radius 3 is 2.35 bits per heavy atom. The molecule has 0 bridgehead atoms. The molecule has 2 aromatic carbocycles. The summed E-state index contributed by atoms with van der Waals surface area (Å²) >= 11 is 0. The van der Waals surface area contributed by atoms with Crippen molar-refractivity contribution < 1.29 is 19.2 Å². The first-order chi connectivity index (χ1) is 12.4. The second-order valence-corrected chi connectivity index (χ2v) is 5.80. The third-order valence-electron chi connectivity index (χ3n) is 3.99. The topological polar surface area (TPSA) is 81.9 Å². The first kappa shape index (κ1) is 19.2. The first-order valence-electron chi connectivity index (χ1n) is 8.21. The molecule has 26 heavy (non-hydrogen) atoms. The second-order valence-electron chi connectivity index (χ2n) is 5.80. The van der Waals surface area contributed by atoms with E-state index in [0.717, 1.165) is 12.0 Å². The molecule has 1 amide bonds. The van der Waals surface area contributed by atoms with E-state index >= 15 is 0 Å². The fraction of sp³-hybridized carbons (Fsp3) is 0.316. The zero-order chi connectivity index (χ0) is 19.1. The minimum atomic E-state index is -0.528. The molecule has 7 heteroatoms. The van der Waals surface area contributed by atoms with E-state index in [2.05, 4.69) is 6.92 Å². The van der Waals surface area contributed by atoms with E-state index in [1.54, 1.807) is 11.9 Å². The number of rotatable bonds is 8. The van der Waals surface area contributed by atoms with Crippen molar-refractivity contribution >= 4 is 11.6 Å². The van der Waals surface area contributed by atoms with E-state index in [-0.39, 0.29) is 24.0 Å². The Labute approximate surface area is 152 Å². The molecule has 0 atom stereocenters. The van der Waals surface area contributed by atoms with Crippen LogP contribution in [-0.4, -0.2) is 36.5 Å². The van der Waals surface area contributed by atoms with Crippen LogP contribution in [-0.2, 0) is 17.8 Å². The maximum absolute atomic E-state index is 12.3. The van der Waals surface area contributed by atoms with Crippen LogP contribution in [0.1, 0.15) is 18.1 Å². The van der Waals surface area contributed by atoms with Crippen molar-refractivity contribution in [2.24, 2.45) is 0 Å². The molecule has 0 aromatic heterocycles. The molecule has 0 radical (unpaired) electrons. The molecule has 0 heterocycles.